The number of sulfonamides is 1. The molecule has 2 aliphatic heterocycles. The van der Waals surface area contributed by atoms with Crippen molar-refractivity contribution in [2.45, 2.75) is 43.5 Å². The van der Waals surface area contributed by atoms with E-state index in [2.05, 4.69) is 11.8 Å². The molecule has 24 heavy (non-hydrogen) atoms. The zero-order valence-electron chi connectivity index (χ0n) is 14.5. The third kappa shape index (κ3) is 4.15. The van der Waals surface area contributed by atoms with Crippen LogP contribution in [0.15, 0.2) is 29.2 Å². The van der Waals surface area contributed by atoms with Crippen LogP contribution < -0.4 is 0 Å². The minimum Gasteiger partial charge on any atom is -0.302 e. The Morgan fingerprint density at radius 1 is 1.08 bits per heavy atom. The van der Waals surface area contributed by atoms with Crippen LogP contribution in [-0.2, 0) is 16.4 Å². The molecule has 2 fully saturated rings. The van der Waals surface area contributed by atoms with Crippen molar-refractivity contribution in [1.29, 1.82) is 0 Å². The molecule has 0 radical (unpaired) electrons. The molecule has 1 aromatic carbocycles. The number of aryl methyl sites for hydroxylation is 1. The summed E-state index contributed by atoms with van der Waals surface area (Å²) < 4.78 is 28.2. The second-order valence-corrected chi connectivity index (χ2v) is 9.74. The molecule has 0 amide bonds. The standard InChI is InChI=1S/C18H28N2O2S2/c1-2-16-6-8-18(9-7-16)24(21,22)20-12-5-13-23-15-17(20)14-19-10-3-4-11-19/h6-9,17H,2-5,10-15H2,1H3. The molecule has 2 heterocycles. The van der Waals surface area contributed by atoms with Crippen molar-refractivity contribution < 1.29 is 8.42 Å². The van der Waals surface area contributed by atoms with E-state index >= 15 is 0 Å². The van der Waals surface area contributed by atoms with Gasteiger partial charge >= 0.3 is 0 Å². The predicted octanol–water partition coefficient (Wildman–Crippen LogP) is 2.84. The lowest BCUT2D eigenvalue weighted by Gasteiger charge is -2.31. The molecule has 0 bridgehead atoms. The molecule has 0 aromatic heterocycles. The number of rotatable bonds is 5. The SMILES string of the molecule is CCc1ccc(S(=O)(=O)N2CCCSCC2CN2CCCC2)cc1. The molecule has 4 nitrogen and oxygen atoms in total. The Labute approximate surface area is 150 Å². The summed E-state index contributed by atoms with van der Waals surface area (Å²) in [5.74, 6) is 1.96. The van der Waals surface area contributed by atoms with Crippen LogP contribution in [0, 0.1) is 0 Å². The van der Waals surface area contributed by atoms with Crippen LogP contribution in [0.4, 0.5) is 0 Å². The fourth-order valence-corrected chi connectivity index (χ4v) is 6.37. The second kappa shape index (κ2) is 8.21. The van der Waals surface area contributed by atoms with Gasteiger partial charge in [0.1, 0.15) is 0 Å². The normalized spacial score (nSPS) is 24.1. The fraction of sp³-hybridized carbons (Fsp3) is 0.667. The van der Waals surface area contributed by atoms with E-state index in [0.717, 1.165) is 44.0 Å². The van der Waals surface area contributed by atoms with Crippen molar-refractivity contribution in [2.75, 3.05) is 37.7 Å². The Bertz CT molecular complexity index is 625. The average molecular weight is 369 g/mol. The lowest BCUT2D eigenvalue weighted by Crippen LogP contribution is -2.47. The van der Waals surface area contributed by atoms with E-state index < -0.39 is 10.0 Å². The van der Waals surface area contributed by atoms with E-state index in [4.69, 9.17) is 0 Å². The van der Waals surface area contributed by atoms with E-state index in [1.165, 1.54) is 18.4 Å². The molecular weight excluding hydrogens is 340 g/mol. The van der Waals surface area contributed by atoms with Crippen LogP contribution in [0.25, 0.3) is 0 Å². The van der Waals surface area contributed by atoms with Gasteiger partial charge in [-0.05, 0) is 62.2 Å². The maximum absolute atomic E-state index is 13.2. The van der Waals surface area contributed by atoms with E-state index in [-0.39, 0.29) is 6.04 Å². The summed E-state index contributed by atoms with van der Waals surface area (Å²) in [6, 6.07) is 7.52. The molecule has 2 aliphatic rings. The monoisotopic (exact) mass is 368 g/mol. The topological polar surface area (TPSA) is 40.6 Å². The Morgan fingerprint density at radius 3 is 2.46 bits per heavy atom. The minimum atomic E-state index is -3.41. The first-order valence-electron chi connectivity index (χ1n) is 9.02. The first-order valence-corrected chi connectivity index (χ1v) is 11.6. The molecule has 1 aromatic rings. The van der Waals surface area contributed by atoms with Crippen molar-refractivity contribution in [2.24, 2.45) is 0 Å². The van der Waals surface area contributed by atoms with Gasteiger partial charge in [0.2, 0.25) is 10.0 Å². The number of nitrogens with zero attached hydrogens (tertiary/aromatic N) is 2. The van der Waals surface area contributed by atoms with Gasteiger partial charge in [0.05, 0.1) is 4.90 Å². The van der Waals surface area contributed by atoms with Crippen LogP contribution in [0.5, 0.6) is 0 Å². The highest BCUT2D eigenvalue weighted by Crippen LogP contribution is 2.26. The molecule has 0 saturated carbocycles. The van der Waals surface area contributed by atoms with Crippen LogP contribution >= 0.6 is 11.8 Å². The summed E-state index contributed by atoms with van der Waals surface area (Å²) in [6.07, 6.45) is 4.35. The first kappa shape index (κ1) is 18.2. The molecule has 0 spiro atoms. The van der Waals surface area contributed by atoms with Crippen LogP contribution in [0.1, 0.15) is 31.7 Å². The van der Waals surface area contributed by atoms with Crippen LogP contribution in [-0.4, -0.2) is 61.3 Å². The summed E-state index contributed by atoms with van der Waals surface area (Å²) in [4.78, 5) is 2.87. The highest BCUT2D eigenvalue weighted by Gasteiger charge is 2.34. The third-order valence-corrected chi connectivity index (χ3v) is 8.15. The molecule has 134 valence electrons. The second-order valence-electron chi connectivity index (χ2n) is 6.70. The van der Waals surface area contributed by atoms with Gasteiger partial charge in [-0.1, -0.05) is 19.1 Å². The summed E-state index contributed by atoms with van der Waals surface area (Å²) in [6.45, 7) is 5.82. The summed E-state index contributed by atoms with van der Waals surface area (Å²) >= 11 is 1.90. The van der Waals surface area contributed by atoms with E-state index in [0.29, 0.717) is 11.4 Å². The Hall–Kier alpha value is -0.560. The quantitative estimate of drug-likeness (QED) is 0.801. The van der Waals surface area contributed by atoms with Gasteiger partial charge in [0.25, 0.3) is 0 Å². The largest absolute Gasteiger partial charge is 0.302 e. The zero-order chi connectivity index (χ0) is 17.0. The number of hydrogen-bond acceptors (Lipinski definition) is 4. The van der Waals surface area contributed by atoms with Crippen molar-refractivity contribution >= 4 is 21.8 Å². The van der Waals surface area contributed by atoms with Gasteiger partial charge in [-0.3, -0.25) is 0 Å². The molecule has 0 aliphatic carbocycles. The molecular formula is C18H28N2O2S2. The summed E-state index contributed by atoms with van der Waals surface area (Å²) in [7, 11) is -3.41. The smallest absolute Gasteiger partial charge is 0.243 e. The Morgan fingerprint density at radius 2 is 1.79 bits per heavy atom. The highest BCUT2D eigenvalue weighted by atomic mass is 32.2. The van der Waals surface area contributed by atoms with Crippen molar-refractivity contribution in [1.82, 2.24) is 9.21 Å². The summed E-state index contributed by atoms with van der Waals surface area (Å²) in [5, 5.41) is 0. The summed E-state index contributed by atoms with van der Waals surface area (Å²) in [5.41, 5.74) is 1.17. The number of benzene rings is 1. The number of hydrogen-bond donors (Lipinski definition) is 0. The maximum Gasteiger partial charge on any atom is 0.243 e. The number of thioether (sulfide) groups is 1. The Balaban J connectivity index is 1.82. The van der Waals surface area contributed by atoms with E-state index in [1.807, 2.05) is 23.9 Å². The Kier molecular flexibility index (Phi) is 6.24. The van der Waals surface area contributed by atoms with Gasteiger partial charge in [-0.15, -0.1) is 0 Å². The number of likely N-dealkylation sites (tertiary alicyclic amines) is 1. The van der Waals surface area contributed by atoms with Crippen LogP contribution in [0.3, 0.4) is 0 Å². The lowest BCUT2D eigenvalue weighted by molar-refractivity contribution is 0.243. The van der Waals surface area contributed by atoms with Gasteiger partial charge in [-0.2, -0.15) is 16.1 Å². The molecule has 1 atom stereocenters. The first-order chi connectivity index (χ1) is 11.6. The average Bonchev–Trinajstić information content (AvgIpc) is 2.99. The van der Waals surface area contributed by atoms with E-state index in [1.54, 1.807) is 16.4 Å². The lowest BCUT2D eigenvalue weighted by atomic mass is 10.2. The van der Waals surface area contributed by atoms with Gasteiger partial charge in [0.15, 0.2) is 0 Å². The molecule has 6 heteroatoms. The van der Waals surface area contributed by atoms with Crippen molar-refractivity contribution in [3.05, 3.63) is 29.8 Å². The van der Waals surface area contributed by atoms with Gasteiger partial charge in [-0.25, -0.2) is 8.42 Å². The maximum atomic E-state index is 13.2. The molecule has 3 rings (SSSR count). The van der Waals surface area contributed by atoms with Gasteiger partial charge < -0.3 is 4.90 Å². The van der Waals surface area contributed by atoms with Crippen LogP contribution in [0.2, 0.25) is 0 Å². The predicted molar refractivity (Wildman–Crippen MR) is 101 cm³/mol. The van der Waals surface area contributed by atoms with E-state index in [9.17, 15) is 8.42 Å². The van der Waals surface area contributed by atoms with Crippen molar-refractivity contribution in [3.8, 4) is 0 Å². The van der Waals surface area contributed by atoms with Gasteiger partial charge in [0, 0.05) is 24.9 Å². The van der Waals surface area contributed by atoms with Crippen molar-refractivity contribution in [3.63, 3.8) is 0 Å². The zero-order valence-corrected chi connectivity index (χ0v) is 16.1. The minimum absolute atomic E-state index is 0.0893. The molecule has 0 N–H and O–H groups in total. The third-order valence-electron chi connectivity index (χ3n) is 4.99. The molecule has 2 saturated heterocycles. The molecule has 1 unspecified atom stereocenters. The highest BCUT2D eigenvalue weighted by molar-refractivity contribution is 7.99. The fourth-order valence-electron chi connectivity index (χ4n) is 3.56.